The van der Waals surface area contributed by atoms with Gasteiger partial charge in [-0.1, -0.05) is 24.3 Å². The fraction of sp³-hybridized carbons (Fsp3) is 0.136. The molecule has 1 heterocycles. The first-order chi connectivity index (χ1) is 14.5. The van der Waals surface area contributed by atoms with Gasteiger partial charge in [-0.25, -0.2) is 4.68 Å². The van der Waals surface area contributed by atoms with Gasteiger partial charge in [0.25, 0.3) is 11.8 Å². The summed E-state index contributed by atoms with van der Waals surface area (Å²) in [4.78, 5) is 23.5. The zero-order valence-electron chi connectivity index (χ0n) is 16.7. The second kappa shape index (κ2) is 9.42. The van der Waals surface area contributed by atoms with Crippen molar-refractivity contribution in [3.8, 4) is 17.2 Å². The van der Waals surface area contributed by atoms with Crippen molar-refractivity contribution in [2.24, 2.45) is 5.73 Å². The lowest BCUT2D eigenvalue weighted by atomic mass is 10.2. The van der Waals surface area contributed by atoms with Crippen LogP contribution in [0.5, 0.6) is 11.5 Å². The van der Waals surface area contributed by atoms with E-state index >= 15 is 0 Å². The fourth-order valence-electron chi connectivity index (χ4n) is 2.77. The number of rotatable bonds is 8. The summed E-state index contributed by atoms with van der Waals surface area (Å²) in [6, 6.07) is 14.0. The molecule has 0 aliphatic heterocycles. The molecular formula is C22H22N4O4. The number of carbonyl (C=O) groups excluding carboxylic acids is 2. The van der Waals surface area contributed by atoms with Crippen LogP contribution in [0.25, 0.3) is 11.8 Å². The Morgan fingerprint density at radius 1 is 1.17 bits per heavy atom. The molecule has 1 aromatic heterocycles. The number of hydrogen-bond donors (Lipinski definition) is 2. The monoisotopic (exact) mass is 406 g/mol. The van der Waals surface area contributed by atoms with Crippen LogP contribution in [0.4, 0.5) is 5.69 Å². The highest BCUT2D eigenvalue weighted by Gasteiger charge is 2.10. The van der Waals surface area contributed by atoms with Crippen LogP contribution in [0, 0.1) is 0 Å². The smallest absolute Gasteiger partial charge is 0.269 e. The topological polar surface area (TPSA) is 108 Å². The summed E-state index contributed by atoms with van der Waals surface area (Å²) < 4.78 is 12.4. The Morgan fingerprint density at radius 3 is 2.70 bits per heavy atom. The van der Waals surface area contributed by atoms with Crippen LogP contribution in [0.3, 0.4) is 0 Å². The number of ether oxygens (including phenoxy) is 2. The minimum absolute atomic E-state index is 0.159. The number of carbonyl (C=O) groups is 2. The average molecular weight is 406 g/mol. The minimum Gasteiger partial charge on any atom is -0.493 e. The molecule has 3 rings (SSSR count). The lowest BCUT2D eigenvalue weighted by molar-refractivity contribution is -0.118. The first-order valence-electron chi connectivity index (χ1n) is 9.19. The van der Waals surface area contributed by atoms with Crippen LogP contribution in [-0.4, -0.2) is 35.3 Å². The van der Waals surface area contributed by atoms with Crippen LogP contribution in [0.2, 0.25) is 0 Å². The third kappa shape index (κ3) is 5.05. The summed E-state index contributed by atoms with van der Waals surface area (Å²) in [6.45, 7) is 1.75. The van der Waals surface area contributed by atoms with E-state index in [2.05, 4.69) is 10.4 Å². The van der Waals surface area contributed by atoms with Gasteiger partial charge in [-0.05, 0) is 48.9 Å². The maximum Gasteiger partial charge on any atom is 0.269 e. The number of aromatic nitrogens is 2. The van der Waals surface area contributed by atoms with Gasteiger partial charge in [-0.3, -0.25) is 9.59 Å². The standard InChI is InChI=1S/C22H22N4O4/c1-3-5-15-8-9-19(20(12-15)29-2)30-14-21(27)24-16-6-4-7-17(13-16)26-11-10-18(25-26)22(23)28/h3-13H,14H2,1-2H3,(H2,23,28)(H,24,27). The van der Waals surface area contributed by atoms with Crippen molar-refractivity contribution >= 4 is 23.6 Å². The normalized spacial score (nSPS) is 10.7. The van der Waals surface area contributed by atoms with E-state index in [-0.39, 0.29) is 18.2 Å². The van der Waals surface area contributed by atoms with Gasteiger partial charge in [0.1, 0.15) is 5.69 Å². The predicted octanol–water partition coefficient (Wildman–Crippen LogP) is 3.03. The molecule has 0 fully saturated rings. The summed E-state index contributed by atoms with van der Waals surface area (Å²) in [5.41, 5.74) is 7.59. The zero-order valence-corrected chi connectivity index (χ0v) is 16.7. The third-order valence-electron chi connectivity index (χ3n) is 4.14. The van der Waals surface area contributed by atoms with Gasteiger partial charge in [0, 0.05) is 11.9 Å². The highest BCUT2D eigenvalue weighted by atomic mass is 16.5. The Hall–Kier alpha value is -4.07. The summed E-state index contributed by atoms with van der Waals surface area (Å²) >= 11 is 0. The molecule has 0 saturated carbocycles. The number of anilines is 1. The van der Waals surface area contributed by atoms with Crippen molar-refractivity contribution in [2.45, 2.75) is 6.92 Å². The van der Waals surface area contributed by atoms with Gasteiger partial charge in [0.15, 0.2) is 18.1 Å². The van der Waals surface area contributed by atoms with Crippen LogP contribution in [0.15, 0.2) is 60.8 Å². The Balaban J connectivity index is 1.64. The van der Waals surface area contributed by atoms with E-state index in [1.165, 1.54) is 10.7 Å². The largest absolute Gasteiger partial charge is 0.493 e. The number of amides is 2. The fourth-order valence-corrected chi connectivity index (χ4v) is 2.77. The number of benzene rings is 2. The van der Waals surface area contributed by atoms with Crippen molar-refractivity contribution in [2.75, 3.05) is 19.0 Å². The van der Waals surface area contributed by atoms with Crippen LogP contribution in [0.1, 0.15) is 23.0 Å². The van der Waals surface area contributed by atoms with E-state index in [1.807, 2.05) is 31.2 Å². The molecule has 3 N–H and O–H groups in total. The minimum atomic E-state index is -0.607. The molecule has 0 spiro atoms. The number of nitrogens with one attached hydrogen (secondary N) is 1. The van der Waals surface area contributed by atoms with E-state index in [0.717, 1.165) is 5.56 Å². The average Bonchev–Trinajstić information content (AvgIpc) is 3.24. The first kappa shape index (κ1) is 20.7. The number of nitrogens with two attached hydrogens (primary N) is 1. The number of hydrogen-bond acceptors (Lipinski definition) is 5. The number of nitrogens with zero attached hydrogens (tertiary/aromatic N) is 2. The summed E-state index contributed by atoms with van der Waals surface area (Å²) in [7, 11) is 1.55. The van der Waals surface area contributed by atoms with E-state index in [9.17, 15) is 9.59 Å². The van der Waals surface area contributed by atoms with E-state index in [0.29, 0.717) is 22.9 Å². The quantitative estimate of drug-likeness (QED) is 0.598. The molecule has 0 unspecified atom stereocenters. The second-order valence-corrected chi connectivity index (χ2v) is 6.31. The maximum absolute atomic E-state index is 12.3. The molecule has 0 radical (unpaired) electrons. The van der Waals surface area contributed by atoms with Crippen molar-refractivity contribution in [3.05, 3.63) is 72.1 Å². The van der Waals surface area contributed by atoms with Gasteiger partial charge in [-0.2, -0.15) is 5.10 Å². The van der Waals surface area contributed by atoms with Crippen LogP contribution >= 0.6 is 0 Å². The molecule has 2 aromatic carbocycles. The molecule has 8 heteroatoms. The molecule has 0 saturated heterocycles. The zero-order chi connectivity index (χ0) is 21.5. The van der Waals surface area contributed by atoms with Gasteiger partial charge >= 0.3 is 0 Å². The molecule has 0 atom stereocenters. The van der Waals surface area contributed by atoms with Crippen LogP contribution < -0.4 is 20.5 Å². The lowest BCUT2D eigenvalue weighted by Crippen LogP contribution is -2.20. The molecule has 154 valence electrons. The predicted molar refractivity (Wildman–Crippen MR) is 114 cm³/mol. The molecule has 30 heavy (non-hydrogen) atoms. The maximum atomic E-state index is 12.3. The third-order valence-corrected chi connectivity index (χ3v) is 4.14. The Bertz CT molecular complexity index is 1090. The van der Waals surface area contributed by atoms with E-state index in [4.69, 9.17) is 15.2 Å². The van der Waals surface area contributed by atoms with Crippen LogP contribution in [-0.2, 0) is 4.79 Å². The Morgan fingerprint density at radius 2 is 2.00 bits per heavy atom. The highest BCUT2D eigenvalue weighted by molar-refractivity contribution is 5.92. The van der Waals surface area contributed by atoms with Gasteiger partial charge in [0.05, 0.1) is 12.8 Å². The molecule has 0 aliphatic carbocycles. The second-order valence-electron chi connectivity index (χ2n) is 6.31. The van der Waals surface area contributed by atoms with Gasteiger partial charge in [0.2, 0.25) is 0 Å². The Kier molecular flexibility index (Phi) is 6.49. The molecule has 0 bridgehead atoms. The van der Waals surface area contributed by atoms with Crippen molar-refractivity contribution < 1.29 is 19.1 Å². The number of methoxy groups -OCH3 is 1. The van der Waals surface area contributed by atoms with Crippen molar-refractivity contribution in [3.63, 3.8) is 0 Å². The SMILES string of the molecule is CC=Cc1ccc(OCC(=O)Nc2cccc(-n3ccc(C(N)=O)n3)c2)c(OC)c1. The highest BCUT2D eigenvalue weighted by Crippen LogP contribution is 2.28. The van der Waals surface area contributed by atoms with Crippen molar-refractivity contribution in [1.82, 2.24) is 9.78 Å². The lowest BCUT2D eigenvalue weighted by Gasteiger charge is -2.12. The molecule has 3 aromatic rings. The van der Waals surface area contributed by atoms with E-state index in [1.54, 1.807) is 43.6 Å². The summed E-state index contributed by atoms with van der Waals surface area (Å²) in [5.74, 6) is 0.0871. The number of primary amides is 1. The van der Waals surface area contributed by atoms with E-state index < -0.39 is 5.91 Å². The van der Waals surface area contributed by atoms with Crippen molar-refractivity contribution in [1.29, 1.82) is 0 Å². The molecule has 8 nitrogen and oxygen atoms in total. The van der Waals surface area contributed by atoms with Gasteiger partial charge < -0.3 is 20.5 Å². The molecule has 2 amide bonds. The molecular weight excluding hydrogens is 384 g/mol. The number of allylic oxidation sites excluding steroid dienone is 1. The van der Waals surface area contributed by atoms with Gasteiger partial charge in [-0.15, -0.1) is 0 Å². The molecule has 0 aliphatic rings. The Labute approximate surface area is 173 Å². The summed E-state index contributed by atoms with van der Waals surface area (Å²) in [5, 5.41) is 6.87. The summed E-state index contributed by atoms with van der Waals surface area (Å²) in [6.07, 6.45) is 5.49. The first-order valence-corrected chi connectivity index (χ1v) is 9.19.